The fourth-order valence-electron chi connectivity index (χ4n) is 0.617. The number of ether oxygens (including phenoxy) is 1. The first-order valence-electron chi connectivity index (χ1n) is 2.25. The molecule has 0 saturated heterocycles. The molecule has 0 unspecified atom stereocenters. The van der Waals surface area contributed by atoms with Gasteiger partial charge in [0.25, 0.3) is 0 Å². The lowest BCUT2D eigenvalue weighted by Gasteiger charge is -1.86. The van der Waals surface area contributed by atoms with E-state index in [1.165, 1.54) is 0 Å². The zero-order valence-electron chi connectivity index (χ0n) is 4.03. The van der Waals surface area contributed by atoms with Crippen LogP contribution in [0.25, 0.3) is 0 Å². The molecule has 0 fully saturated rings. The molecule has 4 heteroatoms. The van der Waals surface area contributed by atoms with Crippen LogP contribution in [0, 0.1) is 0 Å². The fourth-order valence-corrected chi connectivity index (χ4v) is 0.617. The van der Waals surface area contributed by atoms with Gasteiger partial charge in [0.2, 0.25) is 5.84 Å². The standard InChI is InChI=1S/C4H3N3O/c1-3-4(7-6-1)5-2-8-3/h1H,2H2. The summed E-state index contributed by atoms with van der Waals surface area (Å²) < 4.78 is 4.95. The zero-order valence-corrected chi connectivity index (χ0v) is 4.03. The van der Waals surface area contributed by atoms with Gasteiger partial charge in [-0.05, 0) is 0 Å². The van der Waals surface area contributed by atoms with Gasteiger partial charge in [-0.3, -0.25) is 0 Å². The number of aliphatic imine (C=N–C) groups is 1. The minimum Gasteiger partial charge on any atom is -0.466 e. The Kier molecular flexibility index (Phi) is 0.542. The van der Waals surface area contributed by atoms with Crippen molar-refractivity contribution in [2.45, 2.75) is 0 Å². The largest absolute Gasteiger partial charge is 0.466 e. The van der Waals surface area contributed by atoms with Gasteiger partial charge in [0.1, 0.15) is 0 Å². The minimum atomic E-state index is 0.403. The number of amidine groups is 1. The molecule has 40 valence electrons. The maximum Gasteiger partial charge on any atom is 0.217 e. The van der Waals surface area contributed by atoms with Gasteiger partial charge in [-0.2, -0.15) is 5.11 Å². The number of fused-ring (bicyclic) bond motifs is 1. The highest BCUT2D eigenvalue weighted by atomic mass is 16.5. The summed E-state index contributed by atoms with van der Waals surface area (Å²) in [4.78, 5) is 3.86. The third-order valence-corrected chi connectivity index (χ3v) is 0.982. The van der Waals surface area contributed by atoms with Crippen LogP contribution in [0.3, 0.4) is 0 Å². The lowest BCUT2D eigenvalue weighted by atomic mass is 10.5. The zero-order chi connectivity index (χ0) is 5.40. The molecule has 2 rings (SSSR count). The Morgan fingerprint density at radius 3 is 3.50 bits per heavy atom. The monoisotopic (exact) mass is 109 g/mol. The van der Waals surface area contributed by atoms with Crippen LogP contribution >= 0.6 is 0 Å². The normalized spacial score (nSPS) is 22.0. The van der Waals surface area contributed by atoms with Gasteiger partial charge in [-0.15, -0.1) is 5.11 Å². The molecule has 8 heavy (non-hydrogen) atoms. The summed E-state index contributed by atoms with van der Waals surface area (Å²) in [5.74, 6) is 1.33. The molecule has 0 radical (unpaired) electrons. The van der Waals surface area contributed by atoms with Crippen LogP contribution in [0.2, 0.25) is 0 Å². The van der Waals surface area contributed by atoms with Gasteiger partial charge < -0.3 is 4.74 Å². The highest BCUT2D eigenvalue weighted by molar-refractivity contribution is 5.99. The predicted molar refractivity (Wildman–Crippen MR) is 26.3 cm³/mol. The van der Waals surface area contributed by atoms with E-state index in [1.807, 2.05) is 0 Å². The minimum absolute atomic E-state index is 0.403. The van der Waals surface area contributed by atoms with Crippen LogP contribution in [0.4, 0.5) is 0 Å². The van der Waals surface area contributed by atoms with Crippen molar-refractivity contribution >= 4 is 5.84 Å². The molecule has 2 heterocycles. The van der Waals surface area contributed by atoms with E-state index in [0.29, 0.717) is 18.3 Å². The Bertz CT molecular complexity index is 203. The lowest BCUT2D eigenvalue weighted by molar-refractivity contribution is 0.261. The summed E-state index contributed by atoms with van der Waals surface area (Å²) in [5.41, 5.74) is 0. The third kappa shape index (κ3) is 0.318. The third-order valence-electron chi connectivity index (χ3n) is 0.982. The van der Waals surface area contributed by atoms with Crippen molar-refractivity contribution in [3.8, 4) is 0 Å². The summed E-state index contributed by atoms with van der Waals surface area (Å²) in [7, 11) is 0. The van der Waals surface area contributed by atoms with Gasteiger partial charge in [0.15, 0.2) is 12.5 Å². The first-order chi connectivity index (χ1) is 3.97. The average Bonchev–Trinajstić information content (AvgIpc) is 2.15. The van der Waals surface area contributed by atoms with E-state index in [2.05, 4.69) is 15.2 Å². The summed E-state index contributed by atoms with van der Waals surface area (Å²) >= 11 is 0. The van der Waals surface area contributed by atoms with Crippen LogP contribution in [-0.4, -0.2) is 12.6 Å². The predicted octanol–water partition coefficient (Wildman–Crippen LogP) is 0.680. The summed E-state index contributed by atoms with van der Waals surface area (Å²) in [6.07, 6.45) is 1.56. The molecule has 2 aliphatic heterocycles. The van der Waals surface area contributed by atoms with Crippen LogP contribution in [0.15, 0.2) is 27.2 Å². The Labute approximate surface area is 45.6 Å². The number of rotatable bonds is 0. The summed E-state index contributed by atoms with van der Waals surface area (Å²) in [6, 6.07) is 0. The first kappa shape index (κ1) is 3.77. The van der Waals surface area contributed by atoms with E-state index in [4.69, 9.17) is 4.74 Å². The van der Waals surface area contributed by atoms with Crippen molar-refractivity contribution in [2.24, 2.45) is 15.2 Å². The molecule has 0 amide bonds. The number of nitrogens with zero attached hydrogens (tertiary/aromatic N) is 3. The molecular weight excluding hydrogens is 106 g/mol. The molecule has 0 bridgehead atoms. The molecular formula is C4H3N3O. The van der Waals surface area contributed by atoms with Gasteiger partial charge in [-0.1, -0.05) is 0 Å². The molecule has 0 aromatic rings. The van der Waals surface area contributed by atoms with Gasteiger partial charge in [-0.25, -0.2) is 4.99 Å². The van der Waals surface area contributed by atoms with Gasteiger partial charge in [0.05, 0.1) is 6.20 Å². The first-order valence-corrected chi connectivity index (χ1v) is 2.25. The Morgan fingerprint density at radius 1 is 1.62 bits per heavy atom. The second kappa shape index (κ2) is 1.15. The average molecular weight is 109 g/mol. The second-order valence-corrected chi connectivity index (χ2v) is 1.46. The van der Waals surface area contributed by atoms with Crippen LogP contribution in [0.1, 0.15) is 0 Å². The Hall–Kier alpha value is -1.19. The number of hydrogen-bond acceptors (Lipinski definition) is 4. The molecule has 0 aromatic heterocycles. The molecule has 0 atom stereocenters. The maximum absolute atomic E-state index is 4.95. The number of hydrogen-bond donors (Lipinski definition) is 0. The Morgan fingerprint density at radius 2 is 2.62 bits per heavy atom. The van der Waals surface area contributed by atoms with Crippen molar-refractivity contribution < 1.29 is 4.74 Å². The van der Waals surface area contributed by atoms with E-state index in [9.17, 15) is 0 Å². The van der Waals surface area contributed by atoms with E-state index in [1.54, 1.807) is 6.20 Å². The highest BCUT2D eigenvalue weighted by Crippen LogP contribution is 2.15. The van der Waals surface area contributed by atoms with Crippen molar-refractivity contribution in [1.82, 2.24) is 0 Å². The molecule has 0 aromatic carbocycles. The maximum atomic E-state index is 4.95. The van der Waals surface area contributed by atoms with Crippen molar-refractivity contribution in [1.29, 1.82) is 0 Å². The van der Waals surface area contributed by atoms with Crippen molar-refractivity contribution in [2.75, 3.05) is 6.73 Å². The van der Waals surface area contributed by atoms with Gasteiger partial charge in [0, 0.05) is 0 Å². The lowest BCUT2D eigenvalue weighted by Crippen LogP contribution is -1.87. The second-order valence-electron chi connectivity index (χ2n) is 1.46. The topological polar surface area (TPSA) is 46.3 Å². The molecule has 0 aliphatic carbocycles. The summed E-state index contributed by atoms with van der Waals surface area (Å²) in [5, 5.41) is 7.23. The fraction of sp³-hybridized carbons (Fsp3) is 0.250. The molecule has 4 nitrogen and oxygen atoms in total. The van der Waals surface area contributed by atoms with Crippen molar-refractivity contribution in [3.63, 3.8) is 0 Å². The van der Waals surface area contributed by atoms with E-state index < -0.39 is 0 Å². The smallest absolute Gasteiger partial charge is 0.217 e. The van der Waals surface area contributed by atoms with Gasteiger partial charge >= 0.3 is 0 Å². The van der Waals surface area contributed by atoms with Crippen molar-refractivity contribution in [3.05, 3.63) is 12.0 Å². The van der Waals surface area contributed by atoms with E-state index in [-0.39, 0.29) is 0 Å². The molecule has 2 aliphatic rings. The molecule has 0 saturated carbocycles. The SMILES string of the molecule is C1=C2OCN=C2N=N1. The molecule has 0 N–H and O–H groups in total. The summed E-state index contributed by atoms with van der Waals surface area (Å²) in [6.45, 7) is 0.403. The van der Waals surface area contributed by atoms with Crippen LogP contribution in [-0.2, 0) is 4.74 Å². The number of azo groups is 1. The van der Waals surface area contributed by atoms with Crippen LogP contribution in [0.5, 0.6) is 0 Å². The molecule has 0 spiro atoms. The Balaban J connectivity index is 2.49. The highest BCUT2D eigenvalue weighted by Gasteiger charge is 2.17. The van der Waals surface area contributed by atoms with Crippen LogP contribution < -0.4 is 0 Å². The van der Waals surface area contributed by atoms with E-state index >= 15 is 0 Å². The van der Waals surface area contributed by atoms with E-state index in [0.717, 1.165) is 0 Å². The quantitative estimate of drug-likeness (QED) is 0.451.